The standard InChI is InChI=1S/C17H19NO4/c1-4-10-18-14(17(20)22-3)11-13(16(19)21-2)15(18)12-8-6-5-7-9-12/h1,5-9,13-15H,10-11H2,2-3H3/t13-,14-,15-/m0/s1. The fourth-order valence-electron chi connectivity index (χ4n) is 3.06. The molecule has 1 aliphatic rings. The summed E-state index contributed by atoms with van der Waals surface area (Å²) in [5.74, 6) is 1.38. The Hall–Kier alpha value is -2.32. The second-order valence-electron chi connectivity index (χ2n) is 5.14. The van der Waals surface area contributed by atoms with Gasteiger partial charge in [-0.2, -0.15) is 0 Å². The molecule has 0 radical (unpaired) electrons. The van der Waals surface area contributed by atoms with Crippen molar-refractivity contribution in [3.8, 4) is 12.3 Å². The molecule has 1 aromatic carbocycles. The number of nitrogens with zero attached hydrogens (tertiary/aromatic N) is 1. The Morgan fingerprint density at radius 3 is 2.41 bits per heavy atom. The average molecular weight is 301 g/mol. The molecule has 5 heteroatoms. The van der Waals surface area contributed by atoms with Crippen LogP contribution in [0.5, 0.6) is 0 Å². The van der Waals surface area contributed by atoms with Crippen molar-refractivity contribution < 1.29 is 19.1 Å². The first-order valence-corrected chi connectivity index (χ1v) is 7.03. The van der Waals surface area contributed by atoms with Crippen molar-refractivity contribution in [1.29, 1.82) is 0 Å². The van der Waals surface area contributed by atoms with Crippen LogP contribution >= 0.6 is 0 Å². The van der Waals surface area contributed by atoms with Crippen LogP contribution < -0.4 is 0 Å². The Balaban J connectivity index is 2.44. The summed E-state index contributed by atoms with van der Waals surface area (Å²) in [5.41, 5.74) is 0.930. The first-order valence-electron chi connectivity index (χ1n) is 7.03. The van der Waals surface area contributed by atoms with E-state index in [1.54, 1.807) is 0 Å². The van der Waals surface area contributed by atoms with Crippen molar-refractivity contribution in [2.75, 3.05) is 20.8 Å². The number of hydrogen-bond donors (Lipinski definition) is 0. The van der Waals surface area contributed by atoms with Gasteiger partial charge in [-0.25, -0.2) is 0 Å². The Morgan fingerprint density at radius 1 is 1.23 bits per heavy atom. The molecule has 0 saturated carbocycles. The minimum atomic E-state index is -0.546. The van der Waals surface area contributed by atoms with E-state index in [1.807, 2.05) is 35.2 Å². The summed E-state index contributed by atoms with van der Waals surface area (Å²) >= 11 is 0. The molecule has 22 heavy (non-hydrogen) atoms. The summed E-state index contributed by atoms with van der Waals surface area (Å²) in [5, 5.41) is 0. The van der Waals surface area contributed by atoms with Crippen LogP contribution in [-0.4, -0.2) is 43.6 Å². The maximum absolute atomic E-state index is 12.2. The van der Waals surface area contributed by atoms with E-state index >= 15 is 0 Å². The molecule has 0 unspecified atom stereocenters. The number of methoxy groups -OCH3 is 2. The Labute approximate surface area is 130 Å². The quantitative estimate of drug-likeness (QED) is 0.621. The Morgan fingerprint density at radius 2 is 1.86 bits per heavy atom. The van der Waals surface area contributed by atoms with Gasteiger partial charge >= 0.3 is 11.9 Å². The molecule has 1 fully saturated rings. The van der Waals surface area contributed by atoms with Crippen molar-refractivity contribution in [3.05, 3.63) is 35.9 Å². The van der Waals surface area contributed by atoms with Crippen LogP contribution in [0.4, 0.5) is 0 Å². The molecule has 0 N–H and O–H groups in total. The van der Waals surface area contributed by atoms with E-state index in [4.69, 9.17) is 15.9 Å². The van der Waals surface area contributed by atoms with Crippen molar-refractivity contribution in [2.24, 2.45) is 5.92 Å². The monoisotopic (exact) mass is 301 g/mol. The molecule has 1 aromatic rings. The molecule has 0 aromatic heterocycles. The molecular weight excluding hydrogens is 282 g/mol. The maximum atomic E-state index is 12.2. The zero-order valence-electron chi connectivity index (χ0n) is 12.7. The smallest absolute Gasteiger partial charge is 0.323 e. The topological polar surface area (TPSA) is 55.8 Å². The Kier molecular flexibility index (Phi) is 5.18. The molecule has 0 bridgehead atoms. The SMILES string of the molecule is C#CCN1[C@H](C(=O)OC)C[C@H](C(=O)OC)[C@@H]1c1ccccc1. The van der Waals surface area contributed by atoms with Gasteiger partial charge in [-0.15, -0.1) is 6.42 Å². The minimum Gasteiger partial charge on any atom is -0.469 e. The number of ether oxygens (including phenoxy) is 2. The van der Waals surface area contributed by atoms with Crippen LogP contribution in [0.3, 0.4) is 0 Å². The number of benzene rings is 1. The summed E-state index contributed by atoms with van der Waals surface area (Å²) < 4.78 is 9.76. The molecule has 0 amide bonds. The largest absolute Gasteiger partial charge is 0.469 e. The van der Waals surface area contributed by atoms with E-state index in [0.717, 1.165) is 5.56 Å². The third-order valence-corrected chi connectivity index (χ3v) is 4.01. The minimum absolute atomic E-state index is 0.257. The highest BCUT2D eigenvalue weighted by molar-refractivity contribution is 5.80. The van der Waals surface area contributed by atoms with Crippen LogP contribution in [0.15, 0.2) is 30.3 Å². The molecule has 2 rings (SSSR count). The zero-order valence-corrected chi connectivity index (χ0v) is 12.7. The van der Waals surface area contributed by atoms with E-state index in [9.17, 15) is 9.59 Å². The molecular formula is C17H19NO4. The van der Waals surface area contributed by atoms with E-state index in [1.165, 1.54) is 14.2 Å². The lowest BCUT2D eigenvalue weighted by Crippen LogP contribution is -2.38. The third-order valence-electron chi connectivity index (χ3n) is 4.01. The van der Waals surface area contributed by atoms with Crippen LogP contribution in [-0.2, 0) is 19.1 Å². The van der Waals surface area contributed by atoms with Gasteiger partial charge in [0, 0.05) is 6.04 Å². The third kappa shape index (κ3) is 2.97. The fourth-order valence-corrected chi connectivity index (χ4v) is 3.06. The number of rotatable bonds is 4. The molecule has 3 atom stereocenters. The van der Waals surface area contributed by atoms with E-state index in [0.29, 0.717) is 6.42 Å². The summed E-state index contributed by atoms with van der Waals surface area (Å²) in [6, 6.07) is 8.68. The molecule has 1 aliphatic heterocycles. The van der Waals surface area contributed by atoms with Crippen LogP contribution in [0, 0.1) is 18.3 Å². The summed E-state index contributed by atoms with van der Waals surface area (Å²) in [6.45, 7) is 0.257. The van der Waals surface area contributed by atoms with Gasteiger partial charge < -0.3 is 9.47 Å². The highest BCUT2D eigenvalue weighted by atomic mass is 16.5. The number of hydrogen-bond acceptors (Lipinski definition) is 5. The number of terminal acetylenes is 1. The molecule has 0 spiro atoms. The lowest BCUT2D eigenvalue weighted by Gasteiger charge is -2.28. The van der Waals surface area contributed by atoms with Crippen molar-refractivity contribution in [2.45, 2.75) is 18.5 Å². The number of likely N-dealkylation sites (tertiary alicyclic amines) is 1. The first-order chi connectivity index (χ1) is 10.6. The second kappa shape index (κ2) is 7.10. The van der Waals surface area contributed by atoms with Crippen molar-refractivity contribution in [1.82, 2.24) is 4.90 Å². The van der Waals surface area contributed by atoms with Gasteiger partial charge in [-0.05, 0) is 12.0 Å². The zero-order chi connectivity index (χ0) is 16.1. The van der Waals surface area contributed by atoms with Crippen molar-refractivity contribution >= 4 is 11.9 Å². The number of carbonyl (C=O) groups excluding carboxylic acids is 2. The molecule has 116 valence electrons. The number of esters is 2. The maximum Gasteiger partial charge on any atom is 0.323 e. The van der Waals surface area contributed by atoms with Gasteiger partial charge in [0.2, 0.25) is 0 Å². The van der Waals surface area contributed by atoms with E-state index < -0.39 is 12.0 Å². The van der Waals surface area contributed by atoms with Crippen LogP contribution in [0.25, 0.3) is 0 Å². The normalized spacial score (nSPS) is 24.5. The van der Waals surface area contributed by atoms with Gasteiger partial charge in [0.15, 0.2) is 0 Å². The van der Waals surface area contributed by atoms with Gasteiger partial charge in [0.05, 0.1) is 26.7 Å². The summed E-state index contributed by atoms with van der Waals surface area (Å²) in [4.78, 5) is 26.0. The van der Waals surface area contributed by atoms with Gasteiger partial charge in [0.1, 0.15) is 6.04 Å². The first kappa shape index (κ1) is 16.1. The number of carbonyl (C=O) groups is 2. The van der Waals surface area contributed by atoms with E-state index in [-0.39, 0.29) is 24.5 Å². The lowest BCUT2D eigenvalue weighted by molar-refractivity contribution is -0.146. The predicted molar refractivity (Wildman–Crippen MR) is 80.6 cm³/mol. The second-order valence-corrected chi connectivity index (χ2v) is 5.14. The van der Waals surface area contributed by atoms with Crippen LogP contribution in [0.1, 0.15) is 18.0 Å². The van der Waals surface area contributed by atoms with Crippen molar-refractivity contribution in [3.63, 3.8) is 0 Å². The van der Waals surface area contributed by atoms with Gasteiger partial charge in [-0.1, -0.05) is 36.3 Å². The average Bonchev–Trinajstić information content (AvgIpc) is 2.94. The van der Waals surface area contributed by atoms with Crippen LogP contribution in [0.2, 0.25) is 0 Å². The van der Waals surface area contributed by atoms with E-state index in [2.05, 4.69) is 5.92 Å². The highest BCUT2D eigenvalue weighted by Gasteiger charge is 2.48. The Bertz CT molecular complexity index is 578. The molecule has 1 heterocycles. The summed E-state index contributed by atoms with van der Waals surface area (Å²) in [7, 11) is 2.68. The van der Waals surface area contributed by atoms with Gasteiger partial charge in [0.25, 0.3) is 0 Å². The fraction of sp³-hybridized carbons (Fsp3) is 0.412. The van der Waals surface area contributed by atoms with Gasteiger partial charge in [-0.3, -0.25) is 14.5 Å². The lowest BCUT2D eigenvalue weighted by atomic mass is 9.93. The predicted octanol–water partition coefficient (Wildman–Crippen LogP) is 1.40. The summed E-state index contributed by atoms with van der Waals surface area (Å²) in [6.07, 6.45) is 5.78. The molecule has 5 nitrogen and oxygen atoms in total. The molecule has 1 saturated heterocycles. The molecule has 0 aliphatic carbocycles. The highest BCUT2D eigenvalue weighted by Crippen LogP contribution is 2.41.